The molecule has 0 unspecified atom stereocenters. The molecule has 0 saturated carbocycles. The van der Waals surface area contributed by atoms with Crippen LogP contribution in [0.4, 0.5) is 0 Å². The molecule has 0 aliphatic rings. The second kappa shape index (κ2) is 8.73. The Morgan fingerprint density at radius 2 is 1.54 bits per heavy atom. The minimum absolute atomic E-state index is 0.0481. The molecule has 0 fully saturated rings. The molecule has 0 aliphatic heterocycles. The van der Waals surface area contributed by atoms with Crippen molar-refractivity contribution >= 4 is 35.0 Å². The molecule has 1 heterocycles. The number of nitrogens with two attached hydrogens (primary N) is 1. The van der Waals surface area contributed by atoms with Gasteiger partial charge in [0.25, 0.3) is 0 Å². The van der Waals surface area contributed by atoms with E-state index in [2.05, 4.69) is 10.1 Å². The highest BCUT2D eigenvalue weighted by molar-refractivity contribution is 6.36. The summed E-state index contributed by atoms with van der Waals surface area (Å²) in [5, 5.41) is 4.27. The van der Waals surface area contributed by atoms with E-state index < -0.39 is 5.97 Å². The molecule has 0 amide bonds. The summed E-state index contributed by atoms with van der Waals surface area (Å²) in [7, 11) is 0. The van der Waals surface area contributed by atoms with Crippen molar-refractivity contribution in [1.82, 2.24) is 4.98 Å². The molecule has 0 saturated heterocycles. The van der Waals surface area contributed by atoms with Crippen molar-refractivity contribution in [3.05, 3.63) is 87.7 Å². The maximum absolute atomic E-state index is 12.0. The van der Waals surface area contributed by atoms with Crippen LogP contribution in [0, 0.1) is 6.92 Å². The summed E-state index contributed by atoms with van der Waals surface area (Å²) in [6, 6.07) is 13.6. The molecule has 142 valence electrons. The number of oxime groups is 1. The highest BCUT2D eigenvalue weighted by atomic mass is 35.5. The molecule has 1 aromatic heterocycles. The topological polar surface area (TPSA) is 86.8 Å². The van der Waals surface area contributed by atoms with Crippen LogP contribution in [0.3, 0.4) is 0 Å². The fraction of sp³-hybridized carbons (Fsp3) is 0.0500. The lowest BCUT2D eigenvalue weighted by Crippen LogP contribution is -2.15. The lowest BCUT2D eigenvalue weighted by atomic mass is 10.2. The predicted molar refractivity (Wildman–Crippen MR) is 108 cm³/mol. The smallest absolute Gasteiger partial charge is 0.365 e. The van der Waals surface area contributed by atoms with E-state index in [0.29, 0.717) is 32.7 Å². The van der Waals surface area contributed by atoms with E-state index >= 15 is 0 Å². The number of rotatable bonds is 5. The van der Waals surface area contributed by atoms with Gasteiger partial charge < -0.3 is 15.3 Å². The fourth-order valence-corrected chi connectivity index (χ4v) is 2.64. The van der Waals surface area contributed by atoms with Crippen molar-refractivity contribution in [2.45, 2.75) is 6.92 Å². The zero-order valence-corrected chi connectivity index (χ0v) is 16.2. The number of amidine groups is 1. The summed E-state index contributed by atoms with van der Waals surface area (Å²) >= 11 is 12.1. The summed E-state index contributed by atoms with van der Waals surface area (Å²) < 4.78 is 5.67. The van der Waals surface area contributed by atoms with Gasteiger partial charge in [0.1, 0.15) is 15.8 Å². The van der Waals surface area contributed by atoms with Gasteiger partial charge in [0.05, 0.1) is 5.56 Å². The number of carbonyl (C=O) groups excluding carboxylic acids is 1. The maximum Gasteiger partial charge on any atom is 0.365 e. The number of pyridine rings is 1. The first kappa shape index (κ1) is 19.7. The molecule has 3 aromatic rings. The van der Waals surface area contributed by atoms with Crippen LogP contribution >= 0.6 is 23.2 Å². The predicted octanol–water partition coefficient (Wildman–Crippen LogP) is 4.97. The van der Waals surface area contributed by atoms with Crippen molar-refractivity contribution < 1.29 is 14.4 Å². The standard InChI is InChI=1S/C20H15Cl2N3O3/c1-12-2-4-14(5-3-12)20(26)28-25-19(23)13-6-8-15(9-7-13)27-18-16(21)10-24-11-17(18)22/h2-11H,1H3,(H2,23,25). The number of hydrogen-bond acceptors (Lipinski definition) is 5. The summed E-state index contributed by atoms with van der Waals surface area (Å²) in [6.45, 7) is 1.93. The third-order valence-electron chi connectivity index (χ3n) is 3.69. The van der Waals surface area contributed by atoms with Gasteiger partial charge in [0, 0.05) is 18.0 Å². The molecule has 3 rings (SSSR count). The van der Waals surface area contributed by atoms with Gasteiger partial charge in [-0.1, -0.05) is 46.1 Å². The number of halogens is 2. The Morgan fingerprint density at radius 3 is 2.14 bits per heavy atom. The van der Waals surface area contributed by atoms with Crippen molar-refractivity contribution in [2.24, 2.45) is 10.9 Å². The average Bonchev–Trinajstić information content (AvgIpc) is 2.70. The minimum Gasteiger partial charge on any atom is -0.454 e. The second-order valence-electron chi connectivity index (χ2n) is 5.78. The van der Waals surface area contributed by atoms with Crippen LogP contribution in [0.2, 0.25) is 10.0 Å². The molecule has 0 radical (unpaired) electrons. The lowest BCUT2D eigenvalue weighted by molar-refractivity contribution is 0.0516. The number of carbonyl (C=O) groups is 1. The molecule has 2 aromatic carbocycles. The monoisotopic (exact) mass is 415 g/mol. The van der Waals surface area contributed by atoms with Crippen molar-refractivity contribution in [3.63, 3.8) is 0 Å². The first-order valence-electron chi connectivity index (χ1n) is 8.13. The Bertz CT molecular complexity index is 1000. The Hall–Kier alpha value is -3.09. The Balaban J connectivity index is 1.67. The second-order valence-corrected chi connectivity index (χ2v) is 6.59. The van der Waals surface area contributed by atoms with Gasteiger partial charge >= 0.3 is 5.97 Å². The van der Waals surface area contributed by atoms with Crippen LogP contribution in [0.5, 0.6) is 11.5 Å². The van der Waals surface area contributed by atoms with Gasteiger partial charge in [-0.25, -0.2) is 4.79 Å². The molecule has 8 heteroatoms. The highest BCUT2D eigenvalue weighted by Crippen LogP contribution is 2.35. The summed E-state index contributed by atoms with van der Waals surface area (Å²) in [4.78, 5) is 20.7. The van der Waals surface area contributed by atoms with Gasteiger partial charge in [0.15, 0.2) is 11.6 Å². The third kappa shape index (κ3) is 4.79. The van der Waals surface area contributed by atoms with E-state index in [4.69, 9.17) is 38.5 Å². The molecule has 28 heavy (non-hydrogen) atoms. The zero-order valence-electron chi connectivity index (χ0n) is 14.7. The molecule has 0 atom stereocenters. The molecule has 2 N–H and O–H groups in total. The first-order chi connectivity index (χ1) is 13.4. The quantitative estimate of drug-likeness (QED) is 0.275. The normalized spacial score (nSPS) is 11.2. The van der Waals surface area contributed by atoms with E-state index in [9.17, 15) is 4.79 Å². The summed E-state index contributed by atoms with van der Waals surface area (Å²) in [6.07, 6.45) is 2.87. The van der Waals surface area contributed by atoms with Gasteiger partial charge in [-0.15, -0.1) is 0 Å². The molecule has 0 spiro atoms. The van der Waals surface area contributed by atoms with Gasteiger partial charge in [-0.2, -0.15) is 0 Å². The number of aryl methyl sites for hydroxylation is 1. The zero-order chi connectivity index (χ0) is 20.1. The van der Waals surface area contributed by atoms with E-state index in [1.54, 1.807) is 36.4 Å². The van der Waals surface area contributed by atoms with Gasteiger partial charge in [-0.05, 0) is 43.3 Å². The van der Waals surface area contributed by atoms with Crippen LogP contribution in [-0.4, -0.2) is 16.8 Å². The van der Waals surface area contributed by atoms with Crippen LogP contribution < -0.4 is 10.5 Å². The highest BCUT2D eigenvalue weighted by Gasteiger charge is 2.10. The van der Waals surface area contributed by atoms with Gasteiger partial charge in [0.2, 0.25) is 0 Å². The number of hydrogen-bond donors (Lipinski definition) is 1. The third-order valence-corrected chi connectivity index (χ3v) is 4.23. The largest absolute Gasteiger partial charge is 0.454 e. The minimum atomic E-state index is -0.593. The van der Waals surface area contributed by atoms with E-state index in [1.807, 2.05) is 19.1 Å². The van der Waals surface area contributed by atoms with Crippen molar-refractivity contribution in [1.29, 1.82) is 0 Å². The number of benzene rings is 2. The Labute approximate surface area is 171 Å². The Morgan fingerprint density at radius 1 is 0.964 bits per heavy atom. The van der Waals surface area contributed by atoms with Crippen LogP contribution in [0.25, 0.3) is 0 Å². The summed E-state index contributed by atoms with van der Waals surface area (Å²) in [5.41, 5.74) is 7.85. The van der Waals surface area contributed by atoms with Gasteiger partial charge in [-0.3, -0.25) is 4.98 Å². The van der Waals surface area contributed by atoms with E-state index in [-0.39, 0.29) is 5.84 Å². The SMILES string of the molecule is Cc1ccc(C(=O)O/N=C(\N)c2ccc(Oc3c(Cl)cncc3Cl)cc2)cc1. The number of nitrogens with zero attached hydrogens (tertiary/aromatic N) is 2. The molecule has 0 aliphatic carbocycles. The molecule has 6 nitrogen and oxygen atoms in total. The summed E-state index contributed by atoms with van der Waals surface area (Å²) in [5.74, 6) is 0.250. The molecular weight excluding hydrogens is 401 g/mol. The van der Waals surface area contributed by atoms with E-state index in [1.165, 1.54) is 12.4 Å². The van der Waals surface area contributed by atoms with Crippen molar-refractivity contribution in [3.8, 4) is 11.5 Å². The first-order valence-corrected chi connectivity index (χ1v) is 8.88. The fourth-order valence-electron chi connectivity index (χ4n) is 2.19. The van der Waals surface area contributed by atoms with Crippen LogP contribution in [-0.2, 0) is 4.84 Å². The number of ether oxygens (including phenoxy) is 1. The Kier molecular flexibility index (Phi) is 6.13. The molecule has 0 bridgehead atoms. The lowest BCUT2D eigenvalue weighted by Gasteiger charge is -2.09. The van der Waals surface area contributed by atoms with Crippen LogP contribution in [0.15, 0.2) is 66.1 Å². The molecular formula is C20H15Cl2N3O3. The number of aromatic nitrogens is 1. The van der Waals surface area contributed by atoms with Crippen molar-refractivity contribution in [2.75, 3.05) is 0 Å². The average molecular weight is 416 g/mol. The van der Waals surface area contributed by atoms with Crippen LogP contribution in [0.1, 0.15) is 21.5 Å². The van der Waals surface area contributed by atoms with E-state index in [0.717, 1.165) is 5.56 Å². The maximum atomic E-state index is 12.0.